The van der Waals surface area contributed by atoms with Gasteiger partial charge in [-0.15, -0.1) is 0 Å². The van der Waals surface area contributed by atoms with Gasteiger partial charge in [0.2, 0.25) is 15.9 Å². The van der Waals surface area contributed by atoms with Crippen molar-refractivity contribution >= 4 is 27.6 Å². The van der Waals surface area contributed by atoms with E-state index in [2.05, 4.69) is 34.5 Å². The van der Waals surface area contributed by atoms with Crippen LogP contribution in [0.15, 0.2) is 54.6 Å². The van der Waals surface area contributed by atoms with Crippen LogP contribution in [0.5, 0.6) is 5.75 Å². The summed E-state index contributed by atoms with van der Waals surface area (Å²) in [5.74, 6) is -2.85. The highest BCUT2D eigenvalue weighted by atomic mass is 32.2. The van der Waals surface area contributed by atoms with E-state index >= 15 is 0 Å². The number of carbonyl (C=O) groups excluding carboxylic acids is 1. The van der Waals surface area contributed by atoms with Gasteiger partial charge in [0.15, 0.2) is 0 Å². The van der Waals surface area contributed by atoms with E-state index < -0.39 is 28.2 Å². The van der Waals surface area contributed by atoms with Crippen LogP contribution in [-0.4, -0.2) is 67.0 Å². The molecule has 0 radical (unpaired) electrons. The maximum absolute atomic E-state index is 13.3. The average Bonchev–Trinajstić information content (AvgIpc) is 2.98. The minimum absolute atomic E-state index is 0.190. The number of aliphatic carboxylic acids is 1. The number of carboxylic acids is 1. The molecule has 1 amide bonds. The third kappa shape index (κ3) is 9.02. The van der Waals surface area contributed by atoms with Crippen molar-refractivity contribution in [1.82, 2.24) is 10.2 Å². The van der Waals surface area contributed by atoms with E-state index in [4.69, 9.17) is 15.6 Å². The monoisotopic (exact) mass is 676 g/mol. The number of rotatable bonds is 7. The Morgan fingerprint density at radius 1 is 1.04 bits per heavy atom. The Morgan fingerprint density at radius 3 is 2.26 bits per heavy atom. The third-order valence-electron chi connectivity index (χ3n) is 8.37. The molecule has 3 aromatic rings. The predicted molar refractivity (Wildman–Crippen MR) is 171 cm³/mol. The number of sulfonamides is 1. The van der Waals surface area contributed by atoms with E-state index in [-0.39, 0.29) is 24.2 Å². The molecule has 0 fully saturated rings. The van der Waals surface area contributed by atoms with Gasteiger partial charge in [0, 0.05) is 26.2 Å². The Balaban J connectivity index is 0.000000644. The van der Waals surface area contributed by atoms with Crippen molar-refractivity contribution in [3.05, 3.63) is 93.5 Å². The molecule has 3 aromatic carbocycles. The summed E-state index contributed by atoms with van der Waals surface area (Å²) >= 11 is 0. The summed E-state index contributed by atoms with van der Waals surface area (Å²) in [6, 6.07) is 16.6. The predicted octanol–water partition coefficient (Wildman–Crippen LogP) is 4.10. The number of hydrogen-bond donors (Lipinski definition) is 4. The Hall–Kier alpha value is -4.14. The summed E-state index contributed by atoms with van der Waals surface area (Å²) in [4.78, 5) is 24.6. The first-order valence-corrected chi connectivity index (χ1v) is 16.8. The molecule has 47 heavy (non-hydrogen) atoms. The normalized spacial score (nSPS) is 17.1. The second kappa shape index (κ2) is 14.3. The average molecular weight is 677 g/mol. The van der Waals surface area contributed by atoms with Gasteiger partial charge in [0.05, 0.1) is 24.0 Å². The van der Waals surface area contributed by atoms with E-state index in [1.807, 2.05) is 32.0 Å². The molecule has 5 rings (SSSR count). The summed E-state index contributed by atoms with van der Waals surface area (Å²) < 4.78 is 58.3. The molecule has 0 saturated carbocycles. The van der Waals surface area contributed by atoms with Gasteiger partial charge in [-0.2, -0.15) is 13.2 Å². The SMILES string of the molecule is Cc1cc(O)cc(C)c1C[C@H](N)C(=O)N[C@@H]1CCN(S(C)(=O)=O)c2ccc(CN3CCc4ccccc4C3)cc21.O=C(O)C(F)(F)F. The number of nitrogens with two attached hydrogens (primary N) is 1. The van der Waals surface area contributed by atoms with E-state index in [9.17, 15) is 31.5 Å². The third-order valence-corrected chi connectivity index (χ3v) is 9.55. The number of halogens is 3. The first kappa shape index (κ1) is 35.7. The number of nitrogens with zero attached hydrogens (tertiary/aromatic N) is 2. The van der Waals surface area contributed by atoms with E-state index in [0.29, 0.717) is 18.5 Å². The molecule has 2 aliphatic heterocycles. The lowest BCUT2D eigenvalue weighted by molar-refractivity contribution is -0.192. The molecule has 14 heteroatoms. The maximum Gasteiger partial charge on any atom is 0.490 e. The topological polar surface area (TPSA) is 153 Å². The van der Waals surface area contributed by atoms with Crippen molar-refractivity contribution in [2.75, 3.05) is 23.7 Å². The molecule has 0 aliphatic carbocycles. The number of anilines is 1. The van der Waals surface area contributed by atoms with Gasteiger partial charge in [-0.1, -0.05) is 36.4 Å². The summed E-state index contributed by atoms with van der Waals surface area (Å²) in [5, 5.41) is 20.1. The molecule has 254 valence electrons. The van der Waals surface area contributed by atoms with Crippen molar-refractivity contribution < 1.29 is 41.4 Å². The Kier molecular flexibility index (Phi) is 10.9. The molecular weight excluding hydrogens is 637 g/mol. The molecule has 2 aliphatic rings. The van der Waals surface area contributed by atoms with Crippen molar-refractivity contribution in [2.24, 2.45) is 5.73 Å². The fourth-order valence-electron chi connectivity index (χ4n) is 6.06. The number of benzene rings is 3. The summed E-state index contributed by atoms with van der Waals surface area (Å²) in [6.07, 6.45) is -2.07. The molecule has 0 spiro atoms. The van der Waals surface area contributed by atoms with E-state index in [1.54, 1.807) is 12.1 Å². The number of fused-ring (bicyclic) bond motifs is 2. The smallest absolute Gasteiger partial charge is 0.490 e. The van der Waals surface area contributed by atoms with Crippen molar-refractivity contribution in [3.8, 4) is 5.75 Å². The van der Waals surface area contributed by atoms with Crippen molar-refractivity contribution in [1.29, 1.82) is 0 Å². The highest BCUT2D eigenvalue weighted by Crippen LogP contribution is 2.37. The lowest BCUT2D eigenvalue weighted by atomic mass is 9.93. The van der Waals surface area contributed by atoms with E-state index in [0.717, 1.165) is 53.9 Å². The van der Waals surface area contributed by atoms with Crippen LogP contribution < -0.4 is 15.4 Å². The van der Waals surface area contributed by atoms with Crippen LogP contribution in [0.25, 0.3) is 0 Å². The standard InChI is InChI=1S/C31H38N4O4S.C2HF3O2/c1-20-14-25(36)15-21(2)26(20)17-28(32)31(37)33-29-11-13-35(40(3,38)39)30-9-8-22(16-27(29)30)18-34-12-10-23-6-4-5-7-24(23)19-34;3-2(4,5)1(6)7/h4-9,14-16,28-29,36H,10-13,17-19,32H2,1-3H3,(H,33,37);(H,6,7)/t28-,29+;/m0./s1. The molecule has 5 N–H and O–H groups in total. The number of carbonyl (C=O) groups is 2. The summed E-state index contributed by atoms with van der Waals surface area (Å²) in [7, 11) is -3.47. The zero-order valence-electron chi connectivity index (χ0n) is 26.3. The van der Waals surface area contributed by atoms with E-state index in [1.165, 1.54) is 21.7 Å². The van der Waals surface area contributed by atoms with Crippen LogP contribution in [0, 0.1) is 13.8 Å². The van der Waals surface area contributed by atoms with Gasteiger partial charge in [-0.05, 0) is 90.3 Å². The first-order valence-electron chi connectivity index (χ1n) is 15.0. The quantitative estimate of drug-likeness (QED) is 0.292. The second-order valence-corrected chi connectivity index (χ2v) is 13.9. The number of hydrogen-bond acceptors (Lipinski definition) is 7. The largest absolute Gasteiger partial charge is 0.508 e. The van der Waals surface area contributed by atoms with Crippen LogP contribution in [0.2, 0.25) is 0 Å². The highest BCUT2D eigenvalue weighted by Gasteiger charge is 2.38. The molecular formula is C33H39F3N4O6S. The number of carboxylic acid groups (broad SMARTS) is 1. The van der Waals surface area contributed by atoms with Gasteiger partial charge in [0.25, 0.3) is 0 Å². The number of amides is 1. The number of alkyl halides is 3. The minimum atomic E-state index is -5.08. The van der Waals surface area contributed by atoms with Gasteiger partial charge in [0.1, 0.15) is 5.75 Å². The van der Waals surface area contributed by atoms with Crippen LogP contribution in [0.3, 0.4) is 0 Å². The molecule has 0 unspecified atom stereocenters. The lowest BCUT2D eigenvalue weighted by Gasteiger charge is -2.36. The molecule has 10 nitrogen and oxygen atoms in total. The Labute approximate surface area is 272 Å². The van der Waals surface area contributed by atoms with Crippen LogP contribution in [0.1, 0.15) is 51.4 Å². The van der Waals surface area contributed by atoms with Crippen LogP contribution in [0.4, 0.5) is 18.9 Å². The van der Waals surface area contributed by atoms with Crippen molar-refractivity contribution in [2.45, 2.75) is 64.5 Å². The van der Waals surface area contributed by atoms with Gasteiger partial charge in [-0.25, -0.2) is 13.2 Å². The summed E-state index contributed by atoms with van der Waals surface area (Å²) in [6.45, 7) is 6.63. The van der Waals surface area contributed by atoms with Gasteiger partial charge in [-0.3, -0.25) is 14.0 Å². The maximum atomic E-state index is 13.3. The summed E-state index contributed by atoms with van der Waals surface area (Å²) in [5.41, 5.74) is 14.3. The molecule has 2 heterocycles. The number of aromatic hydroxyl groups is 1. The zero-order valence-corrected chi connectivity index (χ0v) is 27.2. The fourth-order valence-corrected chi connectivity index (χ4v) is 7.02. The molecule has 0 bridgehead atoms. The Morgan fingerprint density at radius 2 is 1.66 bits per heavy atom. The number of aryl methyl sites for hydroxylation is 2. The molecule has 0 aromatic heterocycles. The Bertz CT molecular complexity index is 1730. The fraction of sp³-hybridized carbons (Fsp3) is 0.394. The second-order valence-electron chi connectivity index (χ2n) is 12.0. The first-order chi connectivity index (χ1) is 21.9. The minimum Gasteiger partial charge on any atom is -0.508 e. The highest BCUT2D eigenvalue weighted by molar-refractivity contribution is 7.92. The zero-order chi connectivity index (χ0) is 34.7. The van der Waals surface area contributed by atoms with Gasteiger partial charge < -0.3 is 21.3 Å². The van der Waals surface area contributed by atoms with Crippen molar-refractivity contribution in [3.63, 3.8) is 0 Å². The molecule has 0 saturated heterocycles. The number of nitrogens with one attached hydrogen (secondary N) is 1. The number of phenolic OH excluding ortho intramolecular Hbond substituents is 1. The number of phenols is 1. The lowest BCUT2D eigenvalue weighted by Crippen LogP contribution is -2.46. The molecule has 2 atom stereocenters. The van der Waals surface area contributed by atoms with Crippen LogP contribution >= 0.6 is 0 Å². The van der Waals surface area contributed by atoms with Gasteiger partial charge >= 0.3 is 12.1 Å². The van der Waals surface area contributed by atoms with Crippen LogP contribution in [-0.2, 0) is 45.5 Å².